The third-order valence-electron chi connectivity index (χ3n) is 4.44. The van der Waals surface area contributed by atoms with Crippen LogP contribution in [0, 0.1) is 0 Å². The molecule has 0 saturated heterocycles. The predicted octanol–water partition coefficient (Wildman–Crippen LogP) is 3.19. The summed E-state index contributed by atoms with van der Waals surface area (Å²) in [6.07, 6.45) is 0. The van der Waals surface area contributed by atoms with Crippen LogP contribution in [0.2, 0.25) is 5.02 Å². The Morgan fingerprint density at radius 3 is 2.26 bits per heavy atom. The summed E-state index contributed by atoms with van der Waals surface area (Å²) in [5.41, 5.74) is 0.987. The Kier molecular flexibility index (Phi) is 4.03. The van der Waals surface area contributed by atoms with Gasteiger partial charge in [-0.15, -0.1) is 0 Å². The lowest BCUT2D eigenvalue weighted by molar-refractivity contribution is 0.0598. The molecule has 1 heterocycles. The lowest BCUT2D eigenvalue weighted by Crippen LogP contribution is -2.39. The number of hydrogen-bond acceptors (Lipinski definition) is 5. The fourth-order valence-electron chi connectivity index (χ4n) is 3.19. The summed E-state index contributed by atoms with van der Waals surface area (Å²) in [5, 5.41) is 1.23. The Hall–Kier alpha value is -2.74. The van der Waals surface area contributed by atoms with Gasteiger partial charge in [0.2, 0.25) is 0 Å². The first-order valence-corrected chi connectivity index (χ1v) is 9.67. The molecule has 3 aromatic carbocycles. The van der Waals surface area contributed by atoms with Crippen LogP contribution in [0.1, 0.15) is 26.3 Å². The van der Waals surface area contributed by atoms with E-state index in [0.717, 1.165) is 11.0 Å². The van der Waals surface area contributed by atoms with Crippen molar-refractivity contribution in [2.45, 2.75) is 11.4 Å². The van der Waals surface area contributed by atoms with Crippen molar-refractivity contribution in [3.8, 4) is 0 Å². The van der Waals surface area contributed by atoms with Gasteiger partial charge in [-0.1, -0.05) is 35.9 Å². The minimum absolute atomic E-state index is 0.000976. The fraction of sp³-hybridized carbons (Fsp3) is 0.0526. The molecule has 3 aromatic rings. The van der Waals surface area contributed by atoms with Crippen molar-refractivity contribution in [2.75, 3.05) is 0 Å². The highest BCUT2D eigenvalue weighted by molar-refractivity contribution is 7.85. The van der Waals surface area contributed by atoms with E-state index in [9.17, 15) is 22.6 Å². The molecule has 0 aliphatic carbocycles. The molecule has 4 rings (SSSR count). The molecule has 136 valence electrons. The highest BCUT2D eigenvalue weighted by Gasteiger charge is 2.33. The summed E-state index contributed by atoms with van der Waals surface area (Å²) in [6, 6.07) is 13.6. The topological polar surface area (TPSA) is 94.6 Å². The zero-order valence-electron chi connectivity index (χ0n) is 13.7. The van der Waals surface area contributed by atoms with Crippen LogP contribution in [0.15, 0.2) is 59.5 Å². The quantitative estimate of drug-likeness (QED) is 0.497. The monoisotopic (exact) mass is 400 g/mol. The molecule has 6 nitrogen and oxygen atoms in total. The number of halogens is 1. The summed E-state index contributed by atoms with van der Waals surface area (Å²) in [5.74, 6) is -1.13. The van der Waals surface area contributed by atoms with Gasteiger partial charge in [0.15, 0.2) is 0 Å². The number of imide groups is 1. The first kappa shape index (κ1) is 17.7. The van der Waals surface area contributed by atoms with Gasteiger partial charge < -0.3 is 4.55 Å². The van der Waals surface area contributed by atoms with Crippen LogP contribution in [-0.2, 0) is 16.7 Å². The van der Waals surface area contributed by atoms with Crippen LogP contribution in [0.3, 0.4) is 0 Å². The van der Waals surface area contributed by atoms with Crippen LogP contribution in [0.4, 0.5) is 0 Å². The third-order valence-corrected chi connectivity index (χ3v) is 5.51. The van der Waals surface area contributed by atoms with Crippen LogP contribution >= 0.6 is 11.6 Å². The van der Waals surface area contributed by atoms with E-state index < -0.39 is 26.8 Å². The molecule has 0 bridgehead atoms. The van der Waals surface area contributed by atoms with E-state index in [0.29, 0.717) is 21.4 Å². The summed E-state index contributed by atoms with van der Waals surface area (Å²) in [7, 11) is -4.75. The van der Waals surface area contributed by atoms with Crippen molar-refractivity contribution >= 4 is 44.3 Å². The Bertz CT molecular complexity index is 1220. The van der Waals surface area contributed by atoms with Gasteiger partial charge >= 0.3 is 0 Å². The van der Waals surface area contributed by atoms with Crippen molar-refractivity contribution in [3.63, 3.8) is 0 Å². The fourth-order valence-corrected chi connectivity index (χ4v) is 3.85. The van der Waals surface area contributed by atoms with Gasteiger partial charge in [-0.2, -0.15) is 0 Å². The summed E-state index contributed by atoms with van der Waals surface area (Å²) in [4.78, 5) is 26.3. The molecule has 1 aliphatic rings. The molecule has 1 aliphatic heterocycles. The van der Waals surface area contributed by atoms with Crippen molar-refractivity contribution in [3.05, 3.63) is 76.3 Å². The van der Waals surface area contributed by atoms with E-state index in [-0.39, 0.29) is 17.7 Å². The average Bonchev–Trinajstić information content (AvgIpc) is 2.63. The van der Waals surface area contributed by atoms with Crippen molar-refractivity contribution in [1.29, 1.82) is 0 Å². The molecule has 27 heavy (non-hydrogen) atoms. The number of carbonyl (C=O) groups excluding carboxylic acids is 2. The number of carbonyl (C=O) groups is 2. The summed E-state index contributed by atoms with van der Waals surface area (Å²) >= 11 is 5.86. The minimum Gasteiger partial charge on any atom is -0.744 e. The zero-order valence-corrected chi connectivity index (χ0v) is 15.3. The van der Waals surface area contributed by atoms with Crippen molar-refractivity contribution < 1.29 is 22.6 Å². The number of amides is 2. The van der Waals surface area contributed by atoms with E-state index in [4.69, 9.17) is 11.6 Å². The Balaban J connectivity index is 1.88. The highest BCUT2D eigenvalue weighted by atomic mass is 35.5. The third kappa shape index (κ3) is 2.99. The van der Waals surface area contributed by atoms with Gasteiger partial charge in [0.1, 0.15) is 10.1 Å². The first-order chi connectivity index (χ1) is 12.8. The summed E-state index contributed by atoms with van der Waals surface area (Å²) < 4.78 is 34.4. The van der Waals surface area contributed by atoms with Crippen LogP contribution in [0.25, 0.3) is 10.8 Å². The lowest BCUT2D eigenvalue weighted by Gasteiger charge is -2.28. The van der Waals surface area contributed by atoms with Crippen LogP contribution in [0.5, 0.6) is 0 Å². The Morgan fingerprint density at radius 2 is 1.59 bits per heavy atom. The Labute approximate surface area is 159 Å². The lowest BCUT2D eigenvalue weighted by atomic mass is 9.94. The smallest absolute Gasteiger partial charge is 0.261 e. The molecule has 0 radical (unpaired) electrons. The molecular weight excluding hydrogens is 390 g/mol. The van der Waals surface area contributed by atoms with E-state index in [1.807, 2.05) is 0 Å². The van der Waals surface area contributed by atoms with E-state index >= 15 is 0 Å². The SMILES string of the molecule is O=C1c2cccc3cc(S(=O)(=O)[O-])cc(c23)C(=O)N1Cc1ccc(Cl)cc1. The molecule has 0 N–H and O–H groups in total. The van der Waals surface area contributed by atoms with Gasteiger partial charge in [-0.05, 0) is 41.3 Å². The second kappa shape index (κ2) is 6.16. The molecule has 0 unspecified atom stereocenters. The van der Waals surface area contributed by atoms with Crippen molar-refractivity contribution in [2.24, 2.45) is 0 Å². The Morgan fingerprint density at radius 1 is 0.926 bits per heavy atom. The molecule has 0 aromatic heterocycles. The van der Waals surface area contributed by atoms with Gasteiger partial charge in [-0.25, -0.2) is 8.42 Å². The van der Waals surface area contributed by atoms with Crippen LogP contribution < -0.4 is 0 Å². The first-order valence-electron chi connectivity index (χ1n) is 7.89. The molecular formula is C19H11ClNO5S-. The molecule has 8 heteroatoms. The number of rotatable bonds is 3. The maximum absolute atomic E-state index is 12.9. The van der Waals surface area contributed by atoms with Crippen LogP contribution in [-0.4, -0.2) is 29.7 Å². The van der Waals surface area contributed by atoms with E-state index in [1.165, 1.54) is 6.07 Å². The van der Waals surface area contributed by atoms with E-state index in [1.54, 1.807) is 42.5 Å². The maximum atomic E-state index is 12.9. The average molecular weight is 401 g/mol. The minimum atomic E-state index is -4.75. The molecule has 0 spiro atoms. The van der Waals surface area contributed by atoms with Crippen molar-refractivity contribution in [1.82, 2.24) is 4.90 Å². The van der Waals surface area contributed by atoms with Gasteiger partial charge in [0.25, 0.3) is 11.8 Å². The number of hydrogen-bond donors (Lipinski definition) is 0. The molecule has 0 fully saturated rings. The molecule has 0 atom stereocenters. The van der Waals surface area contributed by atoms with Gasteiger partial charge in [0, 0.05) is 21.5 Å². The second-order valence-corrected chi connectivity index (χ2v) is 7.97. The maximum Gasteiger partial charge on any atom is 0.261 e. The normalized spacial score (nSPS) is 14.1. The number of nitrogens with zero attached hydrogens (tertiary/aromatic N) is 1. The van der Waals surface area contributed by atoms with E-state index in [2.05, 4.69) is 0 Å². The molecule has 0 saturated carbocycles. The standard InChI is InChI=1S/C19H12ClNO5S/c20-13-6-4-11(5-7-13)10-21-18(22)15-3-1-2-12-8-14(27(24,25)26)9-16(17(12)15)19(21)23/h1-9H,10H2,(H,24,25,26)/p-1. The zero-order chi connectivity index (χ0) is 19.3. The number of benzene rings is 3. The second-order valence-electron chi connectivity index (χ2n) is 6.15. The summed E-state index contributed by atoms with van der Waals surface area (Å²) in [6.45, 7) is -0.000976. The highest BCUT2D eigenvalue weighted by Crippen LogP contribution is 2.33. The van der Waals surface area contributed by atoms with Gasteiger partial charge in [0.05, 0.1) is 11.4 Å². The van der Waals surface area contributed by atoms with Gasteiger partial charge in [-0.3, -0.25) is 14.5 Å². The molecule has 2 amide bonds. The largest absolute Gasteiger partial charge is 0.744 e. The predicted molar refractivity (Wildman–Crippen MR) is 97.6 cm³/mol.